The van der Waals surface area contributed by atoms with Gasteiger partial charge in [-0.2, -0.15) is 25.0 Å². The molecule has 0 amide bonds. The minimum absolute atomic E-state index is 0.194. The predicted octanol–water partition coefficient (Wildman–Crippen LogP) is 1.16. The van der Waals surface area contributed by atoms with Gasteiger partial charge in [0.1, 0.15) is 5.69 Å². The van der Waals surface area contributed by atoms with Gasteiger partial charge in [0.2, 0.25) is 5.95 Å². The molecule has 5 heterocycles. The molecule has 0 spiro atoms. The summed E-state index contributed by atoms with van der Waals surface area (Å²) in [5.41, 5.74) is 2.44. The van der Waals surface area contributed by atoms with Crippen LogP contribution >= 0.6 is 0 Å². The van der Waals surface area contributed by atoms with E-state index in [0.29, 0.717) is 19.2 Å². The number of aromatic nitrogens is 8. The summed E-state index contributed by atoms with van der Waals surface area (Å²) in [4.78, 5) is 11.9. The van der Waals surface area contributed by atoms with E-state index < -0.39 is 0 Å². The van der Waals surface area contributed by atoms with Gasteiger partial charge in [0.15, 0.2) is 11.5 Å². The topological polar surface area (TPSA) is 103 Å². The van der Waals surface area contributed by atoms with Crippen LogP contribution in [0.25, 0.3) is 28.2 Å². The van der Waals surface area contributed by atoms with Crippen LogP contribution in [0.2, 0.25) is 0 Å². The zero-order valence-electron chi connectivity index (χ0n) is 15.1. The van der Waals surface area contributed by atoms with Crippen molar-refractivity contribution in [2.75, 3.05) is 24.7 Å². The molecule has 1 fully saturated rings. The van der Waals surface area contributed by atoms with Crippen LogP contribution in [-0.2, 0) is 11.8 Å². The maximum Gasteiger partial charge on any atom is 0.228 e. The molecular formula is C17H19N9O. The number of anilines is 1. The minimum Gasteiger partial charge on any atom is -0.377 e. The average molecular weight is 365 g/mol. The molecule has 0 saturated carbocycles. The van der Waals surface area contributed by atoms with Crippen LogP contribution in [0.3, 0.4) is 0 Å². The van der Waals surface area contributed by atoms with E-state index in [1.54, 1.807) is 23.3 Å². The molecule has 138 valence electrons. The number of fused-ring (bicyclic) bond motifs is 1. The molecule has 0 aromatic carbocycles. The third kappa shape index (κ3) is 2.56. The van der Waals surface area contributed by atoms with Gasteiger partial charge in [-0.05, 0) is 13.0 Å². The first-order valence-electron chi connectivity index (χ1n) is 8.80. The van der Waals surface area contributed by atoms with Gasteiger partial charge in [0.25, 0.3) is 0 Å². The molecule has 4 aromatic heterocycles. The molecule has 0 aliphatic carbocycles. The van der Waals surface area contributed by atoms with E-state index in [9.17, 15) is 0 Å². The lowest BCUT2D eigenvalue weighted by atomic mass is 10.2. The van der Waals surface area contributed by atoms with Crippen molar-refractivity contribution in [2.24, 2.45) is 7.05 Å². The number of ether oxygens (including phenoxy) is 1. The summed E-state index contributed by atoms with van der Waals surface area (Å²) in [6, 6.07) is 4.00. The Hall–Kier alpha value is -3.27. The Balaban J connectivity index is 1.76. The SMILES string of the molecule is C[C@@H]1COCCN1c1nc(-c2ccnn2C)c2cnn(-c3ccn[nH]3)c2n1. The van der Waals surface area contributed by atoms with Gasteiger partial charge in [-0.1, -0.05) is 0 Å². The van der Waals surface area contributed by atoms with E-state index in [1.807, 2.05) is 23.9 Å². The van der Waals surface area contributed by atoms with Crippen molar-refractivity contribution in [3.8, 4) is 17.2 Å². The van der Waals surface area contributed by atoms with Crippen LogP contribution in [0.4, 0.5) is 5.95 Å². The smallest absolute Gasteiger partial charge is 0.228 e. The molecule has 10 nitrogen and oxygen atoms in total. The van der Waals surface area contributed by atoms with E-state index in [2.05, 4.69) is 32.2 Å². The second kappa shape index (κ2) is 6.16. The van der Waals surface area contributed by atoms with Gasteiger partial charge in [-0.15, -0.1) is 0 Å². The van der Waals surface area contributed by atoms with Crippen molar-refractivity contribution in [2.45, 2.75) is 13.0 Å². The largest absolute Gasteiger partial charge is 0.377 e. The number of aryl methyl sites for hydroxylation is 1. The van der Waals surface area contributed by atoms with E-state index >= 15 is 0 Å². The summed E-state index contributed by atoms with van der Waals surface area (Å²) in [5.74, 6) is 1.41. The summed E-state index contributed by atoms with van der Waals surface area (Å²) >= 11 is 0. The first-order chi connectivity index (χ1) is 13.2. The zero-order chi connectivity index (χ0) is 18.4. The lowest BCUT2D eigenvalue weighted by Gasteiger charge is -2.33. The molecule has 0 bridgehead atoms. The van der Waals surface area contributed by atoms with Gasteiger partial charge in [-0.3, -0.25) is 9.78 Å². The number of nitrogens with zero attached hydrogens (tertiary/aromatic N) is 8. The molecular weight excluding hydrogens is 346 g/mol. The normalized spacial score (nSPS) is 17.7. The Labute approximate surface area is 154 Å². The Kier molecular flexibility index (Phi) is 3.64. The number of aromatic amines is 1. The molecule has 4 aromatic rings. The van der Waals surface area contributed by atoms with E-state index in [0.717, 1.165) is 34.8 Å². The van der Waals surface area contributed by atoms with Crippen molar-refractivity contribution < 1.29 is 4.74 Å². The monoisotopic (exact) mass is 365 g/mol. The Morgan fingerprint density at radius 2 is 2.11 bits per heavy atom. The quantitative estimate of drug-likeness (QED) is 0.581. The van der Waals surface area contributed by atoms with Crippen molar-refractivity contribution in [3.63, 3.8) is 0 Å². The third-order valence-electron chi connectivity index (χ3n) is 4.82. The van der Waals surface area contributed by atoms with E-state index in [4.69, 9.17) is 14.7 Å². The Bertz CT molecular complexity index is 1080. The van der Waals surface area contributed by atoms with Crippen LogP contribution in [-0.4, -0.2) is 65.5 Å². The van der Waals surface area contributed by atoms with Crippen LogP contribution in [0.1, 0.15) is 6.92 Å². The standard InChI is InChI=1S/C17H19N9O/c1-11-10-27-8-7-25(11)17-21-15(13-3-6-19-24(13)2)12-9-20-26(16(12)22-17)14-4-5-18-23-14/h3-6,9,11H,7-8,10H2,1-2H3,(H,18,23)/t11-/m1/s1. The summed E-state index contributed by atoms with van der Waals surface area (Å²) in [6.07, 6.45) is 5.24. The molecule has 1 N–H and O–H groups in total. The number of H-pyrrole nitrogens is 1. The van der Waals surface area contributed by atoms with E-state index in [1.165, 1.54) is 0 Å². The highest BCUT2D eigenvalue weighted by Crippen LogP contribution is 2.29. The molecule has 0 radical (unpaired) electrons. The molecule has 1 aliphatic rings. The highest BCUT2D eigenvalue weighted by Gasteiger charge is 2.25. The molecule has 1 aliphatic heterocycles. The van der Waals surface area contributed by atoms with Gasteiger partial charge in [-0.25, -0.2) is 4.98 Å². The number of nitrogens with one attached hydrogen (secondary N) is 1. The Morgan fingerprint density at radius 1 is 1.19 bits per heavy atom. The van der Waals surface area contributed by atoms with Crippen LogP contribution in [0, 0.1) is 0 Å². The third-order valence-corrected chi connectivity index (χ3v) is 4.82. The summed E-state index contributed by atoms with van der Waals surface area (Å²) in [6.45, 7) is 4.17. The van der Waals surface area contributed by atoms with Crippen LogP contribution in [0.15, 0.2) is 30.7 Å². The number of hydrogen-bond donors (Lipinski definition) is 1. The van der Waals surface area contributed by atoms with Crippen molar-refractivity contribution in [1.82, 2.24) is 39.7 Å². The summed E-state index contributed by atoms with van der Waals surface area (Å²) < 4.78 is 9.12. The first kappa shape index (κ1) is 15.9. The number of hydrogen-bond acceptors (Lipinski definition) is 7. The van der Waals surface area contributed by atoms with Gasteiger partial charge >= 0.3 is 0 Å². The zero-order valence-corrected chi connectivity index (χ0v) is 15.1. The van der Waals surface area contributed by atoms with Crippen molar-refractivity contribution in [3.05, 3.63) is 30.7 Å². The molecule has 1 saturated heterocycles. The van der Waals surface area contributed by atoms with Gasteiger partial charge < -0.3 is 9.64 Å². The lowest BCUT2D eigenvalue weighted by molar-refractivity contribution is 0.0981. The van der Waals surface area contributed by atoms with E-state index in [-0.39, 0.29) is 6.04 Å². The second-order valence-electron chi connectivity index (χ2n) is 6.57. The van der Waals surface area contributed by atoms with Gasteiger partial charge in [0.05, 0.1) is 42.7 Å². The fourth-order valence-electron chi connectivity index (χ4n) is 3.39. The molecule has 10 heteroatoms. The van der Waals surface area contributed by atoms with Crippen molar-refractivity contribution in [1.29, 1.82) is 0 Å². The van der Waals surface area contributed by atoms with Gasteiger partial charge in [0, 0.05) is 25.9 Å². The summed E-state index contributed by atoms with van der Waals surface area (Å²) in [5, 5.41) is 16.6. The maximum absolute atomic E-state index is 5.57. The molecule has 5 rings (SSSR count). The van der Waals surface area contributed by atoms with Crippen molar-refractivity contribution >= 4 is 17.0 Å². The average Bonchev–Trinajstić information content (AvgIpc) is 3.41. The fraction of sp³-hybridized carbons (Fsp3) is 0.353. The first-order valence-corrected chi connectivity index (χ1v) is 8.80. The lowest BCUT2D eigenvalue weighted by Crippen LogP contribution is -2.44. The highest BCUT2D eigenvalue weighted by atomic mass is 16.5. The Morgan fingerprint density at radius 3 is 2.85 bits per heavy atom. The molecule has 1 atom stereocenters. The van der Waals surface area contributed by atoms with Crippen LogP contribution < -0.4 is 4.90 Å². The molecule has 27 heavy (non-hydrogen) atoms. The minimum atomic E-state index is 0.194. The highest BCUT2D eigenvalue weighted by molar-refractivity contribution is 5.91. The molecule has 0 unspecified atom stereocenters. The fourth-order valence-corrected chi connectivity index (χ4v) is 3.39. The second-order valence-corrected chi connectivity index (χ2v) is 6.57. The number of rotatable bonds is 3. The maximum atomic E-state index is 5.57. The predicted molar refractivity (Wildman–Crippen MR) is 98.6 cm³/mol. The summed E-state index contributed by atoms with van der Waals surface area (Å²) in [7, 11) is 1.90. The number of morpholine rings is 1. The van der Waals surface area contributed by atoms with Crippen LogP contribution in [0.5, 0.6) is 0 Å².